The summed E-state index contributed by atoms with van der Waals surface area (Å²) in [5.74, 6) is 1.26. The first kappa shape index (κ1) is 14.0. The number of nitrogens with zero attached hydrogens (tertiary/aromatic N) is 1. The van der Waals surface area contributed by atoms with E-state index in [4.69, 9.17) is 9.47 Å². The summed E-state index contributed by atoms with van der Waals surface area (Å²) in [6.07, 6.45) is 0. The van der Waals surface area contributed by atoms with Crippen molar-refractivity contribution in [2.75, 3.05) is 18.5 Å². The summed E-state index contributed by atoms with van der Waals surface area (Å²) in [6, 6.07) is 11.2. The Morgan fingerprint density at radius 1 is 1.17 bits per heavy atom. The van der Waals surface area contributed by atoms with Crippen molar-refractivity contribution in [2.24, 2.45) is 0 Å². The Balaban J connectivity index is 1.63. The van der Waals surface area contributed by atoms with Crippen LogP contribution in [-0.4, -0.2) is 24.1 Å². The zero-order valence-corrected chi connectivity index (χ0v) is 13.3. The maximum Gasteiger partial charge on any atom is 0.257 e. The lowest BCUT2D eigenvalue weighted by Crippen LogP contribution is -2.15. The summed E-state index contributed by atoms with van der Waals surface area (Å²) in [5.41, 5.74) is 2.46. The van der Waals surface area contributed by atoms with Crippen LogP contribution in [0.1, 0.15) is 15.9 Å². The van der Waals surface area contributed by atoms with Crippen LogP contribution in [0.15, 0.2) is 36.4 Å². The number of fused-ring (bicyclic) bond motifs is 2. The maximum absolute atomic E-state index is 12.3. The van der Waals surface area contributed by atoms with Gasteiger partial charge in [0.25, 0.3) is 5.91 Å². The molecule has 3 aromatic rings. The van der Waals surface area contributed by atoms with Crippen molar-refractivity contribution >= 4 is 32.6 Å². The highest BCUT2D eigenvalue weighted by molar-refractivity contribution is 7.22. The first-order valence-electron chi connectivity index (χ1n) is 7.27. The molecular formula is C17H14N2O3S. The molecule has 23 heavy (non-hydrogen) atoms. The third-order valence-electron chi connectivity index (χ3n) is 3.55. The van der Waals surface area contributed by atoms with Gasteiger partial charge in [0.1, 0.15) is 13.2 Å². The van der Waals surface area contributed by atoms with E-state index < -0.39 is 0 Å². The Labute approximate surface area is 136 Å². The standard InChI is InChI=1S/C17H14N2O3S/c1-10-3-2-4-11(7-10)16(20)19-17-18-12-8-13-14(9-15(12)23-17)22-6-5-21-13/h2-4,7-9H,5-6H2,1H3,(H,18,19,20). The van der Waals surface area contributed by atoms with Crippen LogP contribution in [0, 0.1) is 6.92 Å². The lowest BCUT2D eigenvalue weighted by molar-refractivity contribution is 0.102. The fourth-order valence-electron chi connectivity index (χ4n) is 2.47. The molecular weight excluding hydrogens is 312 g/mol. The van der Waals surface area contributed by atoms with E-state index in [1.54, 1.807) is 6.07 Å². The van der Waals surface area contributed by atoms with Crippen LogP contribution in [-0.2, 0) is 0 Å². The minimum atomic E-state index is -0.162. The predicted molar refractivity (Wildman–Crippen MR) is 89.7 cm³/mol. The topological polar surface area (TPSA) is 60.5 Å². The predicted octanol–water partition coefficient (Wildman–Crippen LogP) is 3.63. The number of aryl methyl sites for hydroxylation is 1. The summed E-state index contributed by atoms with van der Waals surface area (Å²) in [7, 11) is 0. The molecule has 0 unspecified atom stereocenters. The number of aromatic nitrogens is 1. The van der Waals surface area contributed by atoms with Gasteiger partial charge in [-0.25, -0.2) is 4.98 Å². The molecule has 0 saturated heterocycles. The number of hydrogen-bond acceptors (Lipinski definition) is 5. The first-order chi connectivity index (χ1) is 11.2. The number of benzene rings is 2. The molecule has 2 heterocycles. The number of hydrogen-bond donors (Lipinski definition) is 1. The number of carbonyl (C=O) groups is 1. The van der Waals surface area contributed by atoms with Gasteiger partial charge in [0, 0.05) is 17.7 Å². The smallest absolute Gasteiger partial charge is 0.257 e. The molecule has 2 aromatic carbocycles. The second-order valence-corrected chi connectivity index (χ2v) is 6.34. The molecule has 1 aliphatic heterocycles. The van der Waals surface area contributed by atoms with Crippen LogP contribution in [0.3, 0.4) is 0 Å². The third kappa shape index (κ3) is 2.73. The molecule has 0 saturated carbocycles. The van der Waals surface area contributed by atoms with Gasteiger partial charge in [-0.15, -0.1) is 0 Å². The molecule has 1 amide bonds. The quantitative estimate of drug-likeness (QED) is 0.781. The normalized spacial score (nSPS) is 13.1. The van der Waals surface area contributed by atoms with Gasteiger partial charge in [-0.3, -0.25) is 10.1 Å². The van der Waals surface area contributed by atoms with Gasteiger partial charge in [0.05, 0.1) is 10.2 Å². The number of anilines is 1. The van der Waals surface area contributed by atoms with Gasteiger partial charge in [0.2, 0.25) is 0 Å². The van der Waals surface area contributed by atoms with E-state index in [1.807, 2.05) is 37.3 Å². The average Bonchev–Trinajstić information content (AvgIpc) is 2.93. The van der Waals surface area contributed by atoms with E-state index in [2.05, 4.69) is 10.3 Å². The second kappa shape index (κ2) is 5.55. The number of carbonyl (C=O) groups excluding carboxylic acids is 1. The van der Waals surface area contributed by atoms with Crippen molar-refractivity contribution in [3.8, 4) is 11.5 Å². The van der Waals surface area contributed by atoms with E-state index in [0.29, 0.717) is 29.7 Å². The van der Waals surface area contributed by atoms with Crippen molar-refractivity contribution in [2.45, 2.75) is 6.92 Å². The Morgan fingerprint density at radius 3 is 2.74 bits per heavy atom. The Kier molecular flexibility index (Phi) is 3.38. The van der Waals surface area contributed by atoms with Gasteiger partial charge in [-0.05, 0) is 19.1 Å². The molecule has 4 rings (SSSR count). The van der Waals surface area contributed by atoms with Crippen molar-refractivity contribution in [1.82, 2.24) is 4.98 Å². The zero-order valence-electron chi connectivity index (χ0n) is 12.5. The summed E-state index contributed by atoms with van der Waals surface area (Å²) >= 11 is 1.42. The Hall–Kier alpha value is -2.60. The van der Waals surface area contributed by atoms with E-state index >= 15 is 0 Å². The van der Waals surface area contributed by atoms with Crippen molar-refractivity contribution < 1.29 is 14.3 Å². The molecule has 0 atom stereocenters. The van der Waals surface area contributed by atoms with Gasteiger partial charge in [-0.2, -0.15) is 0 Å². The molecule has 0 fully saturated rings. The van der Waals surface area contributed by atoms with E-state index in [1.165, 1.54) is 11.3 Å². The Bertz CT molecular complexity index is 861. The van der Waals surface area contributed by atoms with Crippen LogP contribution in [0.4, 0.5) is 5.13 Å². The molecule has 1 aromatic heterocycles. The van der Waals surface area contributed by atoms with Gasteiger partial charge < -0.3 is 9.47 Å². The van der Waals surface area contributed by atoms with Crippen LogP contribution in [0.25, 0.3) is 10.2 Å². The fourth-order valence-corrected chi connectivity index (χ4v) is 3.35. The number of amides is 1. The van der Waals surface area contributed by atoms with Gasteiger partial charge >= 0.3 is 0 Å². The molecule has 1 aliphatic rings. The SMILES string of the molecule is Cc1cccc(C(=O)Nc2nc3cc4c(cc3s2)OCCO4)c1. The zero-order chi connectivity index (χ0) is 15.8. The molecule has 5 nitrogen and oxygen atoms in total. The van der Waals surface area contributed by atoms with E-state index in [0.717, 1.165) is 21.5 Å². The summed E-state index contributed by atoms with van der Waals surface area (Å²) in [5, 5.41) is 3.42. The number of thiazole rings is 1. The van der Waals surface area contributed by atoms with Crippen LogP contribution >= 0.6 is 11.3 Å². The minimum absolute atomic E-state index is 0.162. The van der Waals surface area contributed by atoms with Crippen LogP contribution in [0.5, 0.6) is 11.5 Å². The summed E-state index contributed by atoms with van der Waals surface area (Å²) < 4.78 is 12.1. The highest BCUT2D eigenvalue weighted by Gasteiger charge is 2.16. The minimum Gasteiger partial charge on any atom is -0.486 e. The molecule has 1 N–H and O–H groups in total. The first-order valence-corrected chi connectivity index (χ1v) is 8.09. The number of rotatable bonds is 2. The molecule has 0 radical (unpaired) electrons. The summed E-state index contributed by atoms with van der Waals surface area (Å²) in [6.45, 7) is 3.05. The largest absolute Gasteiger partial charge is 0.486 e. The average molecular weight is 326 g/mol. The highest BCUT2D eigenvalue weighted by Crippen LogP contribution is 2.37. The maximum atomic E-state index is 12.3. The van der Waals surface area contributed by atoms with Crippen LogP contribution < -0.4 is 14.8 Å². The van der Waals surface area contributed by atoms with Crippen molar-refractivity contribution in [1.29, 1.82) is 0 Å². The van der Waals surface area contributed by atoms with Crippen molar-refractivity contribution in [3.05, 3.63) is 47.5 Å². The van der Waals surface area contributed by atoms with E-state index in [-0.39, 0.29) is 5.91 Å². The van der Waals surface area contributed by atoms with Gasteiger partial charge in [0.15, 0.2) is 16.6 Å². The molecule has 6 heteroatoms. The monoisotopic (exact) mass is 326 g/mol. The van der Waals surface area contributed by atoms with E-state index in [9.17, 15) is 4.79 Å². The molecule has 0 bridgehead atoms. The fraction of sp³-hybridized carbons (Fsp3) is 0.176. The highest BCUT2D eigenvalue weighted by atomic mass is 32.1. The lowest BCUT2D eigenvalue weighted by atomic mass is 10.1. The van der Waals surface area contributed by atoms with Gasteiger partial charge in [-0.1, -0.05) is 29.0 Å². The third-order valence-corrected chi connectivity index (χ3v) is 4.49. The number of nitrogens with one attached hydrogen (secondary N) is 1. The lowest BCUT2D eigenvalue weighted by Gasteiger charge is -2.17. The van der Waals surface area contributed by atoms with Crippen molar-refractivity contribution in [3.63, 3.8) is 0 Å². The molecule has 0 aliphatic carbocycles. The van der Waals surface area contributed by atoms with Crippen LogP contribution in [0.2, 0.25) is 0 Å². The summed E-state index contributed by atoms with van der Waals surface area (Å²) in [4.78, 5) is 16.8. The number of ether oxygens (including phenoxy) is 2. The Morgan fingerprint density at radius 2 is 1.96 bits per heavy atom. The second-order valence-electron chi connectivity index (χ2n) is 5.31. The molecule has 116 valence electrons. The molecule has 0 spiro atoms.